The molecule has 21 heavy (non-hydrogen) atoms. The number of carbonyl (C=O) groups excluding carboxylic acids is 1. The molecule has 2 N–H and O–H groups in total. The summed E-state index contributed by atoms with van der Waals surface area (Å²) < 4.78 is 5.16. The number of rotatable bonds is 6. The molecule has 2 aromatic carbocycles. The van der Waals surface area contributed by atoms with Gasteiger partial charge in [0.05, 0.1) is 6.61 Å². The van der Waals surface area contributed by atoms with Crippen LogP contribution in [0.1, 0.15) is 5.56 Å². The summed E-state index contributed by atoms with van der Waals surface area (Å²) in [6, 6.07) is 18.9. The van der Waals surface area contributed by atoms with E-state index in [2.05, 4.69) is 5.32 Å². The van der Waals surface area contributed by atoms with Gasteiger partial charge in [0.2, 0.25) is 0 Å². The number of hydrogen-bond donors (Lipinski definition) is 2. The first-order chi connectivity index (χ1) is 10.3. The molecule has 0 radical (unpaired) electrons. The zero-order valence-electron chi connectivity index (χ0n) is 11.7. The molecule has 0 aliphatic carbocycles. The minimum atomic E-state index is -0.507. The van der Waals surface area contributed by atoms with Gasteiger partial charge < -0.3 is 9.84 Å². The summed E-state index contributed by atoms with van der Waals surface area (Å²) in [5.41, 5.74) is 1.80. The zero-order chi connectivity index (χ0) is 14.9. The Morgan fingerprint density at radius 3 is 2.29 bits per heavy atom. The number of ether oxygens (including phenoxy) is 1. The molecule has 0 saturated heterocycles. The van der Waals surface area contributed by atoms with E-state index in [9.17, 15) is 9.90 Å². The highest BCUT2D eigenvalue weighted by Crippen LogP contribution is 2.10. The number of carbonyl (C=O) groups is 1. The molecule has 1 atom stereocenters. The number of anilines is 1. The maximum atomic E-state index is 11.7. The van der Waals surface area contributed by atoms with Crippen LogP contribution in [0.4, 0.5) is 10.5 Å². The predicted molar refractivity (Wildman–Crippen MR) is 82.1 cm³/mol. The third kappa shape index (κ3) is 5.28. The van der Waals surface area contributed by atoms with Crippen LogP contribution in [0.25, 0.3) is 0 Å². The first-order valence-corrected chi connectivity index (χ1v) is 6.91. The fourth-order valence-electron chi connectivity index (χ4n) is 1.99. The first-order valence-electron chi connectivity index (χ1n) is 6.91. The molecule has 2 rings (SSSR count). The second kappa shape index (κ2) is 8.07. The molecule has 0 bridgehead atoms. The largest absolute Gasteiger partial charge is 0.449 e. The van der Waals surface area contributed by atoms with Crippen molar-refractivity contribution in [3.63, 3.8) is 0 Å². The molecule has 110 valence electrons. The Labute approximate surface area is 124 Å². The van der Waals surface area contributed by atoms with Gasteiger partial charge in [-0.3, -0.25) is 5.32 Å². The van der Waals surface area contributed by atoms with Crippen molar-refractivity contribution >= 4 is 11.8 Å². The van der Waals surface area contributed by atoms with Gasteiger partial charge in [0.25, 0.3) is 0 Å². The smallest absolute Gasteiger partial charge is 0.411 e. The highest BCUT2D eigenvalue weighted by Gasteiger charge is 2.12. The van der Waals surface area contributed by atoms with Gasteiger partial charge >= 0.3 is 6.09 Å². The molecular weight excluding hydrogens is 266 g/mol. The number of amides is 1. The Hall–Kier alpha value is -2.33. The number of aliphatic hydroxyl groups excluding tert-OH is 1. The van der Waals surface area contributed by atoms with Crippen molar-refractivity contribution in [2.45, 2.75) is 6.42 Å². The Morgan fingerprint density at radius 1 is 1.05 bits per heavy atom. The van der Waals surface area contributed by atoms with Crippen molar-refractivity contribution in [2.24, 2.45) is 5.92 Å². The predicted octanol–water partition coefficient (Wildman–Crippen LogP) is 3.09. The standard InChI is InChI=1S/C17H19NO3/c19-12-15(11-14-7-3-1-4-8-14)13-21-17(20)18-16-9-5-2-6-10-16/h1-10,15,19H,11-13H2,(H,18,20)/t15-/m0/s1. The summed E-state index contributed by atoms with van der Waals surface area (Å²) in [4.78, 5) is 11.7. The van der Waals surface area contributed by atoms with Crippen molar-refractivity contribution in [1.29, 1.82) is 0 Å². The molecular formula is C17H19NO3. The lowest BCUT2D eigenvalue weighted by molar-refractivity contribution is 0.114. The molecule has 0 unspecified atom stereocenters. The minimum Gasteiger partial charge on any atom is -0.449 e. The summed E-state index contributed by atoms with van der Waals surface area (Å²) in [5.74, 6) is -0.103. The molecule has 0 heterocycles. The summed E-state index contributed by atoms with van der Waals surface area (Å²) in [5, 5.41) is 12.0. The number of para-hydroxylation sites is 1. The fourth-order valence-corrected chi connectivity index (χ4v) is 1.99. The third-order valence-corrected chi connectivity index (χ3v) is 3.10. The van der Waals surface area contributed by atoms with E-state index in [1.54, 1.807) is 12.1 Å². The molecule has 0 saturated carbocycles. The van der Waals surface area contributed by atoms with Gasteiger partial charge in [-0.25, -0.2) is 4.79 Å². The zero-order valence-corrected chi connectivity index (χ0v) is 11.7. The van der Waals surface area contributed by atoms with Crippen molar-refractivity contribution in [2.75, 3.05) is 18.5 Å². The van der Waals surface area contributed by atoms with Crippen molar-refractivity contribution in [3.8, 4) is 0 Å². The lowest BCUT2D eigenvalue weighted by Crippen LogP contribution is -2.22. The van der Waals surface area contributed by atoms with Gasteiger partial charge in [0.1, 0.15) is 0 Å². The van der Waals surface area contributed by atoms with Crippen molar-refractivity contribution in [3.05, 3.63) is 66.2 Å². The van der Waals surface area contributed by atoms with E-state index >= 15 is 0 Å². The highest BCUT2D eigenvalue weighted by atomic mass is 16.5. The number of benzene rings is 2. The van der Waals surface area contributed by atoms with Gasteiger partial charge in [0, 0.05) is 18.2 Å². The lowest BCUT2D eigenvalue weighted by atomic mass is 10.0. The molecule has 2 aromatic rings. The van der Waals surface area contributed by atoms with Crippen molar-refractivity contribution in [1.82, 2.24) is 0 Å². The van der Waals surface area contributed by atoms with Crippen LogP contribution in [-0.2, 0) is 11.2 Å². The van der Waals surface area contributed by atoms with Crippen LogP contribution < -0.4 is 5.32 Å². The van der Waals surface area contributed by atoms with Crippen LogP contribution in [-0.4, -0.2) is 24.4 Å². The minimum absolute atomic E-state index is 0.0203. The maximum absolute atomic E-state index is 11.7. The highest BCUT2D eigenvalue weighted by molar-refractivity contribution is 5.84. The molecule has 0 spiro atoms. The second-order valence-electron chi connectivity index (χ2n) is 4.83. The summed E-state index contributed by atoms with van der Waals surface area (Å²) in [7, 11) is 0. The second-order valence-corrected chi connectivity index (χ2v) is 4.83. The van der Waals surface area contributed by atoms with Crippen LogP contribution in [0.5, 0.6) is 0 Å². The van der Waals surface area contributed by atoms with Crippen LogP contribution in [0.2, 0.25) is 0 Å². The number of aliphatic hydroxyl groups is 1. The fraction of sp³-hybridized carbons (Fsp3) is 0.235. The molecule has 0 fully saturated rings. The van der Waals surface area contributed by atoms with E-state index in [0.29, 0.717) is 12.1 Å². The first kappa shape index (κ1) is 15.1. The average molecular weight is 285 g/mol. The topological polar surface area (TPSA) is 58.6 Å². The quantitative estimate of drug-likeness (QED) is 0.857. The van der Waals surface area contributed by atoms with Crippen LogP contribution in [0.15, 0.2) is 60.7 Å². The maximum Gasteiger partial charge on any atom is 0.411 e. The Bertz CT molecular complexity index is 542. The van der Waals surface area contributed by atoms with Crippen LogP contribution in [0, 0.1) is 5.92 Å². The van der Waals surface area contributed by atoms with Gasteiger partial charge in [-0.1, -0.05) is 48.5 Å². The van der Waals surface area contributed by atoms with E-state index in [1.165, 1.54) is 0 Å². The van der Waals surface area contributed by atoms with Gasteiger partial charge in [-0.2, -0.15) is 0 Å². The normalized spacial score (nSPS) is 11.7. The van der Waals surface area contributed by atoms with Crippen LogP contribution in [0.3, 0.4) is 0 Å². The van der Waals surface area contributed by atoms with Crippen LogP contribution >= 0.6 is 0 Å². The molecule has 4 nitrogen and oxygen atoms in total. The number of nitrogens with one attached hydrogen (secondary N) is 1. The third-order valence-electron chi connectivity index (χ3n) is 3.10. The van der Waals surface area contributed by atoms with E-state index < -0.39 is 6.09 Å². The Balaban J connectivity index is 1.79. The summed E-state index contributed by atoms with van der Waals surface area (Å²) >= 11 is 0. The summed E-state index contributed by atoms with van der Waals surface area (Å²) in [6.45, 7) is 0.164. The Morgan fingerprint density at radius 2 is 1.67 bits per heavy atom. The van der Waals surface area contributed by atoms with E-state index in [0.717, 1.165) is 5.56 Å². The van der Waals surface area contributed by atoms with Gasteiger partial charge in [-0.05, 0) is 24.1 Å². The van der Waals surface area contributed by atoms with Gasteiger partial charge in [-0.15, -0.1) is 0 Å². The molecule has 1 amide bonds. The number of hydrogen-bond acceptors (Lipinski definition) is 3. The van der Waals surface area contributed by atoms with Gasteiger partial charge in [0.15, 0.2) is 0 Å². The van der Waals surface area contributed by atoms with E-state index in [4.69, 9.17) is 4.74 Å². The van der Waals surface area contributed by atoms with E-state index in [-0.39, 0.29) is 19.1 Å². The molecule has 4 heteroatoms. The molecule has 0 aromatic heterocycles. The summed E-state index contributed by atoms with van der Waals surface area (Å²) in [6.07, 6.45) is 0.170. The molecule has 0 aliphatic heterocycles. The van der Waals surface area contributed by atoms with Crippen molar-refractivity contribution < 1.29 is 14.6 Å². The van der Waals surface area contributed by atoms with E-state index in [1.807, 2.05) is 48.5 Å². The monoisotopic (exact) mass is 285 g/mol. The average Bonchev–Trinajstić information content (AvgIpc) is 2.53. The molecule has 0 aliphatic rings. The SMILES string of the molecule is O=C(Nc1ccccc1)OC[C@H](CO)Cc1ccccc1. The Kier molecular flexibility index (Phi) is 5.79. The lowest BCUT2D eigenvalue weighted by Gasteiger charge is -2.15.